The first kappa shape index (κ1) is 14.3. The fraction of sp³-hybridized carbons (Fsp3) is 0.625. The summed E-state index contributed by atoms with van der Waals surface area (Å²) in [6.45, 7) is 2.21. The van der Waals surface area contributed by atoms with Crippen LogP contribution in [0.1, 0.15) is 13.3 Å². The van der Waals surface area contributed by atoms with E-state index in [0.717, 1.165) is 0 Å². The van der Waals surface area contributed by atoms with E-state index in [1.807, 2.05) is 11.5 Å². The second-order valence-electron chi connectivity index (χ2n) is 2.68. The summed E-state index contributed by atoms with van der Waals surface area (Å²) in [4.78, 5) is 0. The molecule has 82 valence electrons. The zero-order chi connectivity index (χ0) is 9.90. The van der Waals surface area contributed by atoms with Crippen LogP contribution in [0.4, 0.5) is 0 Å². The van der Waals surface area contributed by atoms with Gasteiger partial charge in [0.25, 0.3) is 0 Å². The number of allylic oxidation sites excluding steroid dienone is 1. The van der Waals surface area contributed by atoms with Gasteiger partial charge in [0.05, 0.1) is 6.61 Å². The molecule has 0 radical (unpaired) electrons. The molecule has 6 heteroatoms. The topological polar surface area (TPSA) is 53.3 Å². The van der Waals surface area contributed by atoms with Crippen molar-refractivity contribution >= 4 is 46.0 Å². The molecule has 0 fully saturated rings. The number of aliphatic hydroxyl groups is 1. The molecule has 0 aromatic carbocycles. The molecule has 0 amide bonds. The molecule has 2 N–H and O–H groups in total. The molecule has 0 aromatic rings. The highest BCUT2D eigenvalue weighted by Gasteiger charge is 2.40. The average molecular weight is 303 g/mol. The molecule has 1 rings (SSSR count). The van der Waals surface area contributed by atoms with E-state index in [2.05, 4.69) is 15.9 Å². The molecule has 1 heterocycles. The molecule has 0 saturated heterocycles. The summed E-state index contributed by atoms with van der Waals surface area (Å²) in [5.74, 6) is -0.0735. The van der Waals surface area contributed by atoms with Crippen LogP contribution in [-0.2, 0) is 4.74 Å². The molecule has 14 heavy (non-hydrogen) atoms. The first-order valence-corrected chi connectivity index (χ1v) is 5.68. The molecule has 0 saturated carbocycles. The highest BCUT2D eigenvalue weighted by Crippen LogP contribution is 2.45. The van der Waals surface area contributed by atoms with E-state index in [1.165, 1.54) is 11.8 Å². The molecule has 1 aliphatic rings. The lowest BCUT2D eigenvalue weighted by Crippen LogP contribution is -2.38. The first-order chi connectivity index (χ1) is 6.10. The van der Waals surface area contributed by atoms with Crippen LogP contribution in [0.25, 0.3) is 0 Å². The van der Waals surface area contributed by atoms with Gasteiger partial charge in [-0.2, -0.15) is 0 Å². The molecule has 3 nitrogen and oxygen atoms in total. The molecule has 1 aliphatic heterocycles. The van der Waals surface area contributed by atoms with Crippen LogP contribution in [0.5, 0.6) is 0 Å². The number of nitrogens with one attached hydrogen (secondary N) is 1. The Morgan fingerprint density at radius 1 is 1.86 bits per heavy atom. The van der Waals surface area contributed by atoms with Gasteiger partial charge >= 0.3 is 0 Å². The Morgan fingerprint density at radius 3 is 2.93 bits per heavy atom. The summed E-state index contributed by atoms with van der Waals surface area (Å²) in [5.41, 5.74) is 0. The van der Waals surface area contributed by atoms with Crippen molar-refractivity contribution in [3.63, 3.8) is 0 Å². The van der Waals surface area contributed by atoms with Gasteiger partial charge in [-0.1, -0.05) is 22.0 Å². The largest absolute Gasteiger partial charge is 0.480 e. The van der Waals surface area contributed by atoms with E-state index in [9.17, 15) is 5.11 Å². The van der Waals surface area contributed by atoms with E-state index in [-0.39, 0.29) is 18.3 Å². The third-order valence-electron chi connectivity index (χ3n) is 1.71. The van der Waals surface area contributed by atoms with Crippen LogP contribution in [0.3, 0.4) is 0 Å². The van der Waals surface area contributed by atoms with Crippen molar-refractivity contribution in [2.45, 2.75) is 23.1 Å². The van der Waals surface area contributed by atoms with Crippen molar-refractivity contribution < 1.29 is 9.84 Å². The second-order valence-corrected chi connectivity index (χ2v) is 5.86. The molecule has 2 unspecified atom stereocenters. The Bertz CT molecular complexity index is 229. The fourth-order valence-corrected chi connectivity index (χ4v) is 2.59. The van der Waals surface area contributed by atoms with Gasteiger partial charge in [-0.25, -0.2) is 0 Å². The minimum Gasteiger partial charge on any atom is -0.480 e. The third kappa shape index (κ3) is 3.15. The molecular formula is C8H13BrClNO2S. The van der Waals surface area contributed by atoms with Crippen LogP contribution in [0.15, 0.2) is 11.5 Å². The maximum atomic E-state index is 9.75. The molecular weight excluding hydrogens is 290 g/mol. The number of aliphatic hydroxyl groups excluding tert-OH is 1. The van der Waals surface area contributed by atoms with Crippen molar-refractivity contribution in [2.75, 3.05) is 6.61 Å². The van der Waals surface area contributed by atoms with E-state index in [0.29, 0.717) is 13.0 Å². The van der Waals surface area contributed by atoms with Crippen LogP contribution in [0, 0.1) is 5.41 Å². The fourth-order valence-electron chi connectivity index (χ4n) is 1.02. The quantitative estimate of drug-likeness (QED) is 0.478. The van der Waals surface area contributed by atoms with Gasteiger partial charge in [-0.05, 0) is 18.8 Å². The number of alkyl halides is 1. The van der Waals surface area contributed by atoms with Gasteiger partial charge in [0.15, 0.2) is 6.10 Å². The number of hydrogen-bond donors (Lipinski definition) is 2. The van der Waals surface area contributed by atoms with Gasteiger partial charge in [-0.15, -0.1) is 24.2 Å². The predicted octanol–water partition coefficient (Wildman–Crippen LogP) is 2.52. The Balaban J connectivity index is 0.00000169. The Labute approximate surface area is 102 Å². The number of rotatable bonds is 3. The standard InChI is InChI=1S/C8H12BrNO2S.ClH/c1-2-12-7(10)6(11)8(9)4-3-5-13-8;/h3,5-6,10-11H,2,4H2,1H3;1H. The van der Waals surface area contributed by atoms with Crippen LogP contribution in [0.2, 0.25) is 0 Å². The van der Waals surface area contributed by atoms with Gasteiger partial charge in [0.2, 0.25) is 5.90 Å². The molecule has 0 aromatic heterocycles. The van der Waals surface area contributed by atoms with Crippen molar-refractivity contribution in [2.24, 2.45) is 0 Å². The molecule has 2 atom stereocenters. The van der Waals surface area contributed by atoms with Crippen molar-refractivity contribution in [1.82, 2.24) is 0 Å². The van der Waals surface area contributed by atoms with Crippen LogP contribution >= 0.6 is 40.1 Å². The van der Waals surface area contributed by atoms with Gasteiger partial charge in [-0.3, -0.25) is 5.41 Å². The SMILES string of the molecule is CCOC(=N)C(O)C1(Br)CC=CS1.Cl. The number of hydrogen-bond acceptors (Lipinski definition) is 4. The van der Waals surface area contributed by atoms with Crippen molar-refractivity contribution in [3.05, 3.63) is 11.5 Å². The normalized spacial score (nSPS) is 26.8. The minimum atomic E-state index is -0.896. The average Bonchev–Trinajstić information content (AvgIpc) is 2.52. The summed E-state index contributed by atoms with van der Waals surface area (Å²) in [6.07, 6.45) is 1.77. The summed E-state index contributed by atoms with van der Waals surface area (Å²) < 4.78 is 4.44. The van der Waals surface area contributed by atoms with Gasteiger partial charge < -0.3 is 9.84 Å². The highest BCUT2D eigenvalue weighted by molar-refractivity contribution is 9.12. The minimum absolute atomic E-state index is 0. The third-order valence-corrected chi connectivity index (χ3v) is 4.14. The molecule has 0 bridgehead atoms. The first-order valence-electron chi connectivity index (χ1n) is 4.01. The lowest BCUT2D eigenvalue weighted by Gasteiger charge is -2.26. The number of thioether (sulfide) groups is 1. The summed E-state index contributed by atoms with van der Waals surface area (Å²) >= 11 is 4.88. The second kappa shape index (κ2) is 6.00. The Kier molecular flexibility index (Phi) is 6.12. The van der Waals surface area contributed by atoms with E-state index in [1.54, 1.807) is 6.92 Å². The predicted molar refractivity (Wildman–Crippen MR) is 65.6 cm³/mol. The Hall–Kier alpha value is 0.290. The number of ether oxygens (including phenoxy) is 1. The summed E-state index contributed by atoms with van der Waals surface area (Å²) in [7, 11) is 0. The number of halogens is 2. The maximum Gasteiger partial charge on any atom is 0.212 e. The van der Waals surface area contributed by atoms with Crippen LogP contribution < -0.4 is 0 Å². The summed E-state index contributed by atoms with van der Waals surface area (Å²) in [5, 5.41) is 19.1. The van der Waals surface area contributed by atoms with Gasteiger partial charge in [0.1, 0.15) is 3.66 Å². The lowest BCUT2D eigenvalue weighted by molar-refractivity contribution is 0.180. The lowest BCUT2D eigenvalue weighted by atomic mass is 10.2. The smallest absolute Gasteiger partial charge is 0.212 e. The van der Waals surface area contributed by atoms with E-state index >= 15 is 0 Å². The van der Waals surface area contributed by atoms with Crippen molar-refractivity contribution in [1.29, 1.82) is 5.41 Å². The summed E-state index contributed by atoms with van der Waals surface area (Å²) in [6, 6.07) is 0. The zero-order valence-corrected chi connectivity index (χ0v) is 10.9. The highest BCUT2D eigenvalue weighted by atomic mass is 79.9. The van der Waals surface area contributed by atoms with E-state index in [4.69, 9.17) is 10.1 Å². The molecule has 0 aliphatic carbocycles. The van der Waals surface area contributed by atoms with Crippen molar-refractivity contribution in [3.8, 4) is 0 Å². The van der Waals surface area contributed by atoms with Gasteiger partial charge in [0, 0.05) is 0 Å². The maximum absolute atomic E-state index is 9.75. The monoisotopic (exact) mass is 301 g/mol. The molecule has 0 spiro atoms. The van der Waals surface area contributed by atoms with E-state index < -0.39 is 9.76 Å². The van der Waals surface area contributed by atoms with Crippen LogP contribution in [-0.4, -0.2) is 27.4 Å². The zero-order valence-electron chi connectivity index (χ0n) is 7.70. The Morgan fingerprint density at radius 2 is 2.50 bits per heavy atom.